The van der Waals surface area contributed by atoms with Gasteiger partial charge < -0.3 is 0 Å². The van der Waals surface area contributed by atoms with E-state index in [0.717, 1.165) is 12.1 Å². The molecule has 142 valence electrons. The van der Waals surface area contributed by atoms with Crippen LogP contribution in [-0.4, -0.2) is 16.6 Å². The third kappa shape index (κ3) is 3.17. The molecule has 0 spiro atoms. The Bertz CT molecular complexity index is 1110. The maximum absolute atomic E-state index is 14.1. The number of carbonyl (C=O) groups is 2. The van der Waals surface area contributed by atoms with Crippen molar-refractivity contribution in [1.29, 1.82) is 5.26 Å². The lowest BCUT2D eigenvalue weighted by molar-refractivity contribution is -0.138. The van der Waals surface area contributed by atoms with E-state index in [0.29, 0.717) is 12.1 Å². The molecule has 0 atom stereocenters. The van der Waals surface area contributed by atoms with Crippen LogP contribution in [0.5, 0.6) is 0 Å². The molecular formula is C19H9F5N2O2. The average Bonchev–Trinajstić information content (AvgIpc) is 2.61. The first-order chi connectivity index (χ1) is 13.0. The van der Waals surface area contributed by atoms with E-state index in [2.05, 4.69) is 4.98 Å². The summed E-state index contributed by atoms with van der Waals surface area (Å²) in [5.74, 6) is -3.88. The lowest BCUT2D eigenvalue weighted by atomic mass is 9.82. The van der Waals surface area contributed by atoms with Gasteiger partial charge in [-0.05, 0) is 25.1 Å². The Morgan fingerprint density at radius 3 is 2.39 bits per heavy atom. The number of pyridine rings is 1. The second-order valence-electron chi connectivity index (χ2n) is 6.06. The summed E-state index contributed by atoms with van der Waals surface area (Å²) in [6.07, 6.45) is -5.17. The summed E-state index contributed by atoms with van der Waals surface area (Å²) >= 11 is 0. The van der Waals surface area contributed by atoms with Gasteiger partial charge in [-0.1, -0.05) is 0 Å². The molecule has 1 heterocycles. The number of carbonyl (C=O) groups excluding carboxylic acids is 2. The van der Waals surface area contributed by atoms with Gasteiger partial charge in [-0.15, -0.1) is 0 Å². The van der Waals surface area contributed by atoms with E-state index >= 15 is 0 Å². The molecule has 1 aromatic heterocycles. The number of nitrogens with zero attached hydrogens (tertiary/aromatic N) is 2. The van der Waals surface area contributed by atoms with Gasteiger partial charge in [0, 0.05) is 34.9 Å². The highest BCUT2D eigenvalue weighted by molar-refractivity contribution is 6.26. The molecule has 2 aromatic rings. The molecule has 0 fully saturated rings. The van der Waals surface area contributed by atoms with Gasteiger partial charge in [0.15, 0.2) is 17.3 Å². The standard InChI is InChI=1S/C19H9F5N2O2/c1-8-11(6-10-2-3-13(19(22,23)24)15(7-25)26-10)18(28)16-12(17(8)27)4-9(20)5-14(16)21/h2-5H,6H2,1H3. The fourth-order valence-corrected chi connectivity index (χ4v) is 2.95. The third-order valence-corrected chi connectivity index (χ3v) is 4.32. The quantitative estimate of drug-likeness (QED) is 0.719. The van der Waals surface area contributed by atoms with E-state index in [1.165, 1.54) is 13.0 Å². The van der Waals surface area contributed by atoms with Crippen LogP contribution in [0.2, 0.25) is 0 Å². The van der Waals surface area contributed by atoms with Crippen molar-refractivity contribution in [2.75, 3.05) is 0 Å². The molecule has 3 rings (SSSR count). The predicted octanol–water partition coefficient (Wildman–Crippen LogP) is 4.19. The second kappa shape index (κ2) is 6.64. The monoisotopic (exact) mass is 392 g/mol. The van der Waals surface area contributed by atoms with Gasteiger partial charge in [0.2, 0.25) is 0 Å². The Morgan fingerprint density at radius 1 is 1.11 bits per heavy atom. The minimum absolute atomic E-state index is 0.0778. The van der Waals surface area contributed by atoms with Gasteiger partial charge >= 0.3 is 6.18 Å². The molecule has 0 unspecified atom stereocenters. The van der Waals surface area contributed by atoms with Gasteiger partial charge in [0.05, 0.1) is 11.1 Å². The summed E-state index contributed by atoms with van der Waals surface area (Å²) in [6.45, 7) is 1.27. The zero-order chi connectivity index (χ0) is 20.8. The highest BCUT2D eigenvalue weighted by Crippen LogP contribution is 2.33. The van der Waals surface area contributed by atoms with Gasteiger partial charge in [0.1, 0.15) is 17.7 Å². The molecule has 1 aliphatic carbocycles. The van der Waals surface area contributed by atoms with Crippen LogP contribution < -0.4 is 0 Å². The predicted molar refractivity (Wildman–Crippen MR) is 85.4 cm³/mol. The van der Waals surface area contributed by atoms with Gasteiger partial charge in [-0.3, -0.25) is 9.59 Å². The summed E-state index contributed by atoms with van der Waals surface area (Å²) in [5.41, 5.74) is -3.48. The van der Waals surface area contributed by atoms with E-state index in [9.17, 15) is 31.5 Å². The number of Topliss-reactive ketones (excluding diaryl/α,β-unsaturated/α-hetero) is 2. The van der Waals surface area contributed by atoms with Crippen molar-refractivity contribution >= 4 is 11.6 Å². The summed E-state index contributed by atoms with van der Waals surface area (Å²) in [7, 11) is 0. The van der Waals surface area contributed by atoms with Crippen molar-refractivity contribution in [1.82, 2.24) is 4.98 Å². The van der Waals surface area contributed by atoms with Gasteiger partial charge in [0.25, 0.3) is 0 Å². The van der Waals surface area contributed by atoms with E-state index in [-0.39, 0.29) is 23.3 Å². The lowest BCUT2D eigenvalue weighted by Crippen LogP contribution is -2.24. The number of hydrogen-bond donors (Lipinski definition) is 0. The highest BCUT2D eigenvalue weighted by Gasteiger charge is 2.36. The normalized spacial score (nSPS) is 14.2. The Hall–Kier alpha value is -3.41. The van der Waals surface area contributed by atoms with Crippen molar-refractivity contribution in [2.24, 2.45) is 0 Å². The number of alkyl halides is 3. The van der Waals surface area contributed by atoms with E-state index in [1.807, 2.05) is 0 Å². The average molecular weight is 392 g/mol. The fraction of sp³-hybridized carbons (Fsp3) is 0.158. The number of halogens is 5. The van der Waals surface area contributed by atoms with Crippen molar-refractivity contribution in [3.05, 3.63) is 75.1 Å². The van der Waals surface area contributed by atoms with Gasteiger partial charge in [-0.25, -0.2) is 13.8 Å². The summed E-state index contributed by atoms with van der Waals surface area (Å²) in [5, 5.41) is 8.92. The first-order valence-electron chi connectivity index (χ1n) is 7.80. The van der Waals surface area contributed by atoms with Crippen LogP contribution in [0.25, 0.3) is 0 Å². The molecule has 0 amide bonds. The van der Waals surface area contributed by atoms with Crippen LogP contribution in [0.4, 0.5) is 22.0 Å². The molecular weight excluding hydrogens is 383 g/mol. The number of hydrogen-bond acceptors (Lipinski definition) is 4. The molecule has 0 N–H and O–H groups in total. The maximum atomic E-state index is 14.1. The van der Waals surface area contributed by atoms with Crippen molar-refractivity contribution < 1.29 is 31.5 Å². The number of allylic oxidation sites excluding steroid dienone is 2. The molecule has 1 aromatic carbocycles. The first-order valence-corrected chi connectivity index (χ1v) is 7.80. The lowest BCUT2D eigenvalue weighted by Gasteiger charge is -2.20. The molecule has 1 aliphatic rings. The Labute approximate surface area is 154 Å². The molecule has 0 aliphatic heterocycles. The molecule has 0 saturated heterocycles. The number of ketones is 2. The number of fused-ring (bicyclic) bond motifs is 1. The van der Waals surface area contributed by atoms with Crippen molar-refractivity contribution in [3.63, 3.8) is 0 Å². The van der Waals surface area contributed by atoms with Crippen LogP contribution in [0, 0.1) is 23.0 Å². The molecule has 0 bridgehead atoms. The van der Waals surface area contributed by atoms with Crippen LogP contribution in [0.3, 0.4) is 0 Å². The van der Waals surface area contributed by atoms with Crippen LogP contribution in [0.15, 0.2) is 35.4 Å². The molecule has 0 saturated carbocycles. The van der Waals surface area contributed by atoms with Crippen LogP contribution in [-0.2, 0) is 12.6 Å². The molecule has 4 nitrogen and oxygen atoms in total. The Kier molecular flexibility index (Phi) is 4.59. The number of rotatable bonds is 2. The number of aromatic nitrogens is 1. The minimum atomic E-state index is -4.78. The van der Waals surface area contributed by atoms with E-state index in [4.69, 9.17) is 5.26 Å². The van der Waals surface area contributed by atoms with Crippen molar-refractivity contribution in [3.8, 4) is 6.07 Å². The fourth-order valence-electron chi connectivity index (χ4n) is 2.95. The second-order valence-corrected chi connectivity index (χ2v) is 6.06. The van der Waals surface area contributed by atoms with Crippen LogP contribution in [0.1, 0.15) is 44.6 Å². The first kappa shape index (κ1) is 19.4. The summed E-state index contributed by atoms with van der Waals surface area (Å²) in [4.78, 5) is 28.7. The van der Waals surface area contributed by atoms with Crippen LogP contribution >= 0.6 is 0 Å². The number of benzene rings is 1. The Morgan fingerprint density at radius 2 is 1.79 bits per heavy atom. The zero-order valence-electron chi connectivity index (χ0n) is 14.1. The van der Waals surface area contributed by atoms with E-state index in [1.54, 1.807) is 0 Å². The van der Waals surface area contributed by atoms with E-state index < -0.39 is 51.8 Å². The molecule has 9 heteroatoms. The minimum Gasteiger partial charge on any atom is -0.289 e. The Balaban J connectivity index is 2.06. The largest absolute Gasteiger partial charge is 0.419 e. The third-order valence-electron chi connectivity index (χ3n) is 4.32. The van der Waals surface area contributed by atoms with Crippen molar-refractivity contribution in [2.45, 2.75) is 19.5 Å². The molecule has 0 radical (unpaired) electrons. The molecule has 28 heavy (non-hydrogen) atoms. The highest BCUT2D eigenvalue weighted by atomic mass is 19.4. The summed E-state index contributed by atoms with van der Waals surface area (Å²) in [6, 6.07) is 4.18. The maximum Gasteiger partial charge on any atom is 0.419 e. The smallest absolute Gasteiger partial charge is 0.289 e. The summed E-state index contributed by atoms with van der Waals surface area (Å²) < 4.78 is 66.1. The zero-order valence-corrected chi connectivity index (χ0v) is 14.1. The SMILES string of the molecule is CC1=C(Cc2ccc(C(F)(F)F)c(C#N)n2)C(=O)c2c(F)cc(F)cc2C1=O. The van der Waals surface area contributed by atoms with Gasteiger partial charge in [-0.2, -0.15) is 18.4 Å². The number of nitriles is 1. The topological polar surface area (TPSA) is 70.8 Å².